The number of hydrogen-bond donors (Lipinski definition) is 0. The van der Waals surface area contributed by atoms with E-state index in [1.807, 2.05) is 24.4 Å². The van der Waals surface area contributed by atoms with Gasteiger partial charge in [0.2, 0.25) is 5.88 Å². The number of rotatable bonds is 5. The van der Waals surface area contributed by atoms with E-state index in [9.17, 15) is 0 Å². The number of halogens is 1. The topological polar surface area (TPSA) is 39.9 Å². The van der Waals surface area contributed by atoms with Gasteiger partial charge in [-0.2, -0.15) is 5.10 Å². The third kappa shape index (κ3) is 4.34. The standard InChI is InChI=1S/C25H22IN3O/c1-3-4-9-20-14-21-16-28-29(18(2)19-10-6-5-7-11-19)24(21)15-22(20)17-30-25-23(26)12-8-13-27-25/h5-8,10-16,18H,3,17H2,1-2H3. The van der Waals surface area contributed by atoms with Crippen LogP contribution < -0.4 is 4.74 Å². The predicted molar refractivity (Wildman–Crippen MR) is 128 cm³/mol. The lowest BCUT2D eigenvalue weighted by Crippen LogP contribution is -2.09. The van der Waals surface area contributed by atoms with Crippen molar-refractivity contribution in [3.8, 4) is 17.7 Å². The zero-order chi connectivity index (χ0) is 20.9. The molecule has 2 heterocycles. The van der Waals surface area contributed by atoms with Crippen molar-refractivity contribution in [2.75, 3.05) is 0 Å². The van der Waals surface area contributed by atoms with Crippen LogP contribution in [-0.2, 0) is 6.61 Å². The first-order chi connectivity index (χ1) is 14.7. The van der Waals surface area contributed by atoms with E-state index >= 15 is 0 Å². The quantitative estimate of drug-likeness (QED) is 0.246. The van der Waals surface area contributed by atoms with Crippen molar-refractivity contribution in [2.45, 2.75) is 32.9 Å². The van der Waals surface area contributed by atoms with Gasteiger partial charge in [0.15, 0.2) is 0 Å². The Morgan fingerprint density at radius 2 is 1.97 bits per heavy atom. The van der Waals surface area contributed by atoms with Gasteiger partial charge < -0.3 is 4.74 Å². The Balaban J connectivity index is 1.74. The Morgan fingerprint density at radius 3 is 2.73 bits per heavy atom. The highest BCUT2D eigenvalue weighted by Crippen LogP contribution is 2.27. The molecule has 0 aliphatic carbocycles. The van der Waals surface area contributed by atoms with E-state index < -0.39 is 0 Å². The van der Waals surface area contributed by atoms with Crippen molar-refractivity contribution in [1.82, 2.24) is 14.8 Å². The number of ether oxygens (including phenoxy) is 1. The molecule has 2 aromatic heterocycles. The Hall–Kier alpha value is -2.85. The van der Waals surface area contributed by atoms with Crippen molar-refractivity contribution in [1.29, 1.82) is 0 Å². The minimum Gasteiger partial charge on any atom is -0.472 e. The molecule has 1 unspecified atom stereocenters. The minimum atomic E-state index is 0.127. The van der Waals surface area contributed by atoms with Gasteiger partial charge in [-0.25, -0.2) is 4.98 Å². The summed E-state index contributed by atoms with van der Waals surface area (Å²) in [5.74, 6) is 7.11. The molecule has 0 spiro atoms. The van der Waals surface area contributed by atoms with Crippen molar-refractivity contribution in [3.63, 3.8) is 0 Å². The van der Waals surface area contributed by atoms with Crippen LogP contribution in [0.5, 0.6) is 5.88 Å². The van der Waals surface area contributed by atoms with Gasteiger partial charge in [-0.3, -0.25) is 4.68 Å². The second kappa shape index (κ2) is 9.31. The second-order valence-corrected chi connectivity index (χ2v) is 8.14. The molecule has 0 aliphatic heterocycles. The fourth-order valence-electron chi connectivity index (χ4n) is 3.36. The smallest absolute Gasteiger partial charge is 0.227 e. The SMILES string of the molecule is CCC#Cc1cc2cnn(C(C)c3ccccc3)c2cc1COc1ncccc1I. The molecule has 0 N–H and O–H groups in total. The van der Waals surface area contributed by atoms with Crippen LogP contribution >= 0.6 is 22.6 Å². The van der Waals surface area contributed by atoms with Gasteiger partial charge in [-0.15, -0.1) is 0 Å². The maximum absolute atomic E-state index is 6.04. The summed E-state index contributed by atoms with van der Waals surface area (Å²) >= 11 is 2.24. The Kier molecular flexibility index (Phi) is 6.34. The van der Waals surface area contributed by atoms with Crippen LogP contribution in [0.25, 0.3) is 10.9 Å². The van der Waals surface area contributed by atoms with E-state index in [1.54, 1.807) is 6.20 Å². The third-order valence-electron chi connectivity index (χ3n) is 4.96. The molecule has 4 aromatic rings. The number of nitrogens with zero attached hydrogens (tertiary/aromatic N) is 3. The summed E-state index contributed by atoms with van der Waals surface area (Å²) in [6.45, 7) is 4.62. The van der Waals surface area contributed by atoms with Gasteiger partial charge in [-0.05, 0) is 59.3 Å². The first kappa shape index (κ1) is 20.4. The molecule has 0 saturated carbocycles. The number of aromatic nitrogens is 3. The second-order valence-electron chi connectivity index (χ2n) is 6.98. The Morgan fingerprint density at radius 1 is 1.13 bits per heavy atom. The average molecular weight is 507 g/mol. The van der Waals surface area contributed by atoms with Gasteiger partial charge in [0.1, 0.15) is 6.61 Å². The molecule has 0 amide bonds. The maximum atomic E-state index is 6.04. The molecule has 0 saturated heterocycles. The van der Waals surface area contributed by atoms with Gasteiger partial charge in [0.05, 0.1) is 21.3 Å². The summed E-state index contributed by atoms with van der Waals surface area (Å²) < 4.78 is 9.09. The fourth-order valence-corrected chi connectivity index (χ4v) is 3.86. The first-order valence-corrected chi connectivity index (χ1v) is 11.0. The highest BCUT2D eigenvalue weighted by atomic mass is 127. The molecule has 150 valence electrons. The van der Waals surface area contributed by atoms with E-state index in [0.29, 0.717) is 12.5 Å². The zero-order valence-corrected chi connectivity index (χ0v) is 19.1. The van der Waals surface area contributed by atoms with E-state index in [-0.39, 0.29) is 6.04 Å². The minimum absolute atomic E-state index is 0.127. The lowest BCUT2D eigenvalue weighted by Gasteiger charge is -2.15. The monoisotopic (exact) mass is 507 g/mol. The van der Waals surface area contributed by atoms with Crippen LogP contribution in [0.4, 0.5) is 0 Å². The molecule has 1 atom stereocenters. The average Bonchev–Trinajstić information content (AvgIpc) is 3.19. The maximum Gasteiger partial charge on any atom is 0.227 e. The van der Waals surface area contributed by atoms with Crippen LogP contribution in [0.2, 0.25) is 0 Å². The van der Waals surface area contributed by atoms with Crippen molar-refractivity contribution < 1.29 is 4.74 Å². The summed E-state index contributed by atoms with van der Waals surface area (Å²) in [6.07, 6.45) is 4.47. The van der Waals surface area contributed by atoms with Gasteiger partial charge in [0, 0.05) is 29.1 Å². The molecular formula is C25H22IN3O. The number of pyridine rings is 1. The van der Waals surface area contributed by atoms with E-state index in [1.165, 1.54) is 5.56 Å². The third-order valence-corrected chi connectivity index (χ3v) is 5.78. The van der Waals surface area contributed by atoms with Crippen molar-refractivity contribution in [3.05, 3.63) is 87.3 Å². The van der Waals surface area contributed by atoms with E-state index in [2.05, 4.69) is 99.4 Å². The lowest BCUT2D eigenvalue weighted by molar-refractivity contribution is 0.291. The largest absolute Gasteiger partial charge is 0.472 e. The molecule has 0 fully saturated rings. The first-order valence-electron chi connectivity index (χ1n) is 9.94. The van der Waals surface area contributed by atoms with Crippen LogP contribution in [0.1, 0.15) is 43.0 Å². The van der Waals surface area contributed by atoms with E-state index in [4.69, 9.17) is 4.74 Å². The summed E-state index contributed by atoms with van der Waals surface area (Å²) in [6, 6.07) is 18.7. The summed E-state index contributed by atoms with van der Waals surface area (Å²) in [4.78, 5) is 4.34. The summed E-state index contributed by atoms with van der Waals surface area (Å²) in [5.41, 5.74) is 4.30. The summed E-state index contributed by atoms with van der Waals surface area (Å²) in [5, 5.41) is 5.76. The van der Waals surface area contributed by atoms with E-state index in [0.717, 1.165) is 32.0 Å². The van der Waals surface area contributed by atoms with Crippen molar-refractivity contribution >= 4 is 33.5 Å². The van der Waals surface area contributed by atoms with Crippen LogP contribution in [-0.4, -0.2) is 14.8 Å². The molecule has 0 aliphatic rings. The molecule has 4 rings (SSSR count). The molecular weight excluding hydrogens is 485 g/mol. The molecule has 0 radical (unpaired) electrons. The van der Waals surface area contributed by atoms with Crippen molar-refractivity contribution in [2.24, 2.45) is 0 Å². The summed E-state index contributed by atoms with van der Waals surface area (Å²) in [7, 11) is 0. The number of benzene rings is 2. The molecule has 4 nitrogen and oxygen atoms in total. The fraction of sp³-hybridized carbons (Fsp3) is 0.200. The number of hydrogen-bond acceptors (Lipinski definition) is 3. The highest BCUT2D eigenvalue weighted by Gasteiger charge is 2.15. The Labute approximate surface area is 190 Å². The van der Waals surface area contributed by atoms with Gasteiger partial charge >= 0.3 is 0 Å². The molecule has 5 heteroatoms. The molecule has 30 heavy (non-hydrogen) atoms. The van der Waals surface area contributed by atoms with Crippen LogP contribution in [0.15, 0.2) is 67.0 Å². The highest BCUT2D eigenvalue weighted by molar-refractivity contribution is 14.1. The van der Waals surface area contributed by atoms with Crippen LogP contribution in [0, 0.1) is 15.4 Å². The molecule has 2 aromatic carbocycles. The lowest BCUT2D eigenvalue weighted by atomic mass is 10.0. The molecule has 0 bridgehead atoms. The number of fused-ring (bicyclic) bond motifs is 1. The Bertz CT molecular complexity index is 1220. The van der Waals surface area contributed by atoms with Gasteiger partial charge in [0.25, 0.3) is 0 Å². The predicted octanol–water partition coefficient (Wildman–Crippen LogP) is 5.99. The normalized spacial score (nSPS) is 11.7. The zero-order valence-electron chi connectivity index (χ0n) is 17.0. The van der Waals surface area contributed by atoms with Gasteiger partial charge in [-0.1, -0.05) is 49.1 Å². The van der Waals surface area contributed by atoms with Crippen LogP contribution in [0.3, 0.4) is 0 Å².